The average molecular weight is 555 g/mol. The fraction of sp³-hybridized carbons (Fsp3) is 0.412. The molecule has 0 atom stereocenters. The maximum atomic E-state index is 5.37. The van der Waals surface area contributed by atoms with Gasteiger partial charge in [0.25, 0.3) is 0 Å². The predicted octanol–water partition coefficient (Wildman–Crippen LogP) is 3.76. The summed E-state index contributed by atoms with van der Waals surface area (Å²) in [5, 5.41) is 9.78. The quantitative estimate of drug-likeness (QED) is 0.310. The topological polar surface area (TPSA) is 67.8 Å². The summed E-state index contributed by atoms with van der Waals surface area (Å²) in [5.74, 6) is 2.13. The molecule has 0 fully saturated rings. The Morgan fingerprint density at radius 1 is 1.27 bits per heavy atom. The molecule has 0 saturated carbocycles. The van der Waals surface area contributed by atoms with E-state index in [1.165, 1.54) is 0 Å². The zero-order chi connectivity index (χ0) is 18.2. The van der Waals surface area contributed by atoms with Crippen LogP contribution in [0.2, 0.25) is 0 Å². The molecule has 0 spiro atoms. The largest absolute Gasteiger partial charge is 0.493 e. The van der Waals surface area contributed by atoms with Crippen LogP contribution in [0.25, 0.3) is 0 Å². The Bertz CT molecular complexity index is 740. The number of halogens is 2. The molecular formula is C17H24BrIN4O2S. The molecule has 2 aromatic rings. The van der Waals surface area contributed by atoms with Crippen molar-refractivity contribution in [1.29, 1.82) is 0 Å². The lowest BCUT2D eigenvalue weighted by atomic mass is 10.2. The minimum Gasteiger partial charge on any atom is -0.493 e. The number of aliphatic imine (C=N–C) groups is 1. The number of rotatable bonds is 7. The van der Waals surface area contributed by atoms with Gasteiger partial charge < -0.3 is 20.1 Å². The monoisotopic (exact) mass is 554 g/mol. The fourth-order valence-electron chi connectivity index (χ4n) is 2.31. The van der Waals surface area contributed by atoms with Crippen LogP contribution >= 0.6 is 51.2 Å². The summed E-state index contributed by atoms with van der Waals surface area (Å²) in [7, 11) is 5.01. The number of guanidine groups is 1. The van der Waals surface area contributed by atoms with Gasteiger partial charge in [0.05, 0.1) is 29.4 Å². The van der Waals surface area contributed by atoms with Gasteiger partial charge in [0.15, 0.2) is 17.5 Å². The fourth-order valence-corrected chi connectivity index (χ4v) is 3.61. The molecule has 0 aliphatic rings. The van der Waals surface area contributed by atoms with E-state index in [1.54, 1.807) is 32.6 Å². The second-order valence-corrected chi connectivity index (χ2v) is 7.19. The van der Waals surface area contributed by atoms with Crippen molar-refractivity contribution in [2.45, 2.75) is 19.9 Å². The Kier molecular flexibility index (Phi) is 10.3. The zero-order valence-electron chi connectivity index (χ0n) is 15.3. The van der Waals surface area contributed by atoms with Gasteiger partial charge in [0.1, 0.15) is 0 Å². The van der Waals surface area contributed by atoms with Gasteiger partial charge in [-0.1, -0.05) is 0 Å². The number of nitrogens with zero attached hydrogens (tertiary/aromatic N) is 2. The van der Waals surface area contributed by atoms with Gasteiger partial charge >= 0.3 is 0 Å². The molecule has 26 heavy (non-hydrogen) atoms. The number of methoxy groups -OCH3 is 2. The van der Waals surface area contributed by atoms with Gasteiger partial charge in [0.2, 0.25) is 0 Å². The van der Waals surface area contributed by atoms with Gasteiger partial charge in [-0.2, -0.15) is 0 Å². The first-order valence-electron chi connectivity index (χ1n) is 7.83. The lowest BCUT2D eigenvalue weighted by molar-refractivity contribution is 0.352. The van der Waals surface area contributed by atoms with Crippen molar-refractivity contribution >= 4 is 57.2 Å². The maximum absolute atomic E-state index is 5.37. The van der Waals surface area contributed by atoms with Crippen molar-refractivity contribution in [3.8, 4) is 11.5 Å². The second kappa shape index (κ2) is 11.6. The van der Waals surface area contributed by atoms with E-state index in [1.807, 2.05) is 19.1 Å². The van der Waals surface area contributed by atoms with E-state index < -0.39 is 0 Å². The molecule has 144 valence electrons. The molecule has 0 unspecified atom stereocenters. The van der Waals surface area contributed by atoms with E-state index in [0.717, 1.165) is 39.7 Å². The molecule has 1 aromatic heterocycles. The molecular weight excluding hydrogens is 531 g/mol. The van der Waals surface area contributed by atoms with Crippen LogP contribution in [0, 0.1) is 6.92 Å². The minimum absolute atomic E-state index is 0. The first-order chi connectivity index (χ1) is 12.1. The van der Waals surface area contributed by atoms with Gasteiger partial charge in [-0.3, -0.25) is 4.99 Å². The van der Waals surface area contributed by atoms with E-state index in [-0.39, 0.29) is 24.0 Å². The third-order valence-electron chi connectivity index (χ3n) is 3.52. The van der Waals surface area contributed by atoms with Crippen LogP contribution in [-0.4, -0.2) is 38.8 Å². The third-order valence-corrected chi connectivity index (χ3v) is 4.93. The Morgan fingerprint density at radius 3 is 2.62 bits per heavy atom. The van der Waals surface area contributed by atoms with Crippen molar-refractivity contribution in [3.63, 3.8) is 0 Å². The molecule has 6 nitrogen and oxygen atoms in total. The smallest absolute Gasteiger partial charge is 0.191 e. The van der Waals surface area contributed by atoms with E-state index in [9.17, 15) is 0 Å². The number of hydrogen-bond acceptors (Lipinski definition) is 5. The highest BCUT2D eigenvalue weighted by Gasteiger charge is 2.10. The van der Waals surface area contributed by atoms with E-state index in [2.05, 4.69) is 41.9 Å². The summed E-state index contributed by atoms with van der Waals surface area (Å²) in [5.41, 5.74) is 2.16. The first kappa shape index (κ1) is 23.0. The van der Waals surface area contributed by atoms with Crippen LogP contribution in [-0.2, 0) is 13.0 Å². The number of aryl methyl sites for hydroxylation is 1. The third kappa shape index (κ3) is 6.58. The predicted molar refractivity (Wildman–Crippen MR) is 121 cm³/mol. The van der Waals surface area contributed by atoms with Crippen molar-refractivity contribution in [3.05, 3.63) is 38.3 Å². The highest BCUT2D eigenvalue weighted by Crippen LogP contribution is 2.36. The van der Waals surface area contributed by atoms with Crippen molar-refractivity contribution in [1.82, 2.24) is 15.6 Å². The van der Waals surface area contributed by atoms with Gasteiger partial charge in [-0.05, 0) is 40.5 Å². The zero-order valence-corrected chi connectivity index (χ0v) is 20.0. The van der Waals surface area contributed by atoms with Crippen LogP contribution in [0.3, 0.4) is 0 Å². The van der Waals surface area contributed by atoms with Crippen LogP contribution in [0.4, 0.5) is 0 Å². The molecule has 0 saturated heterocycles. The minimum atomic E-state index is 0. The SMILES string of the molecule is CN=C(NCCc1csc(C)n1)NCc1cc(Br)c(OC)c(OC)c1.I. The van der Waals surface area contributed by atoms with E-state index in [0.29, 0.717) is 18.0 Å². The van der Waals surface area contributed by atoms with Crippen LogP contribution in [0.1, 0.15) is 16.3 Å². The van der Waals surface area contributed by atoms with Gasteiger partial charge in [-0.25, -0.2) is 4.98 Å². The Labute approximate surface area is 184 Å². The molecule has 0 aliphatic carbocycles. The Morgan fingerprint density at radius 2 is 2.04 bits per heavy atom. The highest BCUT2D eigenvalue weighted by molar-refractivity contribution is 14.0. The summed E-state index contributed by atoms with van der Waals surface area (Å²) >= 11 is 5.18. The summed E-state index contributed by atoms with van der Waals surface area (Å²) in [6.45, 7) is 3.41. The lowest BCUT2D eigenvalue weighted by Gasteiger charge is -2.14. The van der Waals surface area contributed by atoms with Crippen LogP contribution in [0.15, 0.2) is 27.0 Å². The molecule has 2 rings (SSSR count). The first-order valence-corrected chi connectivity index (χ1v) is 9.50. The molecule has 1 aromatic carbocycles. The summed E-state index contributed by atoms with van der Waals surface area (Å²) in [4.78, 5) is 8.71. The maximum Gasteiger partial charge on any atom is 0.191 e. The van der Waals surface area contributed by atoms with Crippen molar-refractivity contribution in [2.24, 2.45) is 4.99 Å². The van der Waals surface area contributed by atoms with Gasteiger partial charge in [-0.15, -0.1) is 35.3 Å². The van der Waals surface area contributed by atoms with E-state index in [4.69, 9.17) is 9.47 Å². The standard InChI is InChI=1S/C17H23BrN4O2S.HI/c1-11-22-13(10-25-11)5-6-20-17(19-2)21-9-12-7-14(18)16(24-4)15(8-12)23-3;/h7-8,10H,5-6,9H2,1-4H3,(H2,19,20,21);1H. The van der Waals surface area contributed by atoms with Crippen molar-refractivity contribution in [2.75, 3.05) is 27.8 Å². The number of thiazole rings is 1. The number of aromatic nitrogens is 1. The van der Waals surface area contributed by atoms with Crippen molar-refractivity contribution < 1.29 is 9.47 Å². The number of ether oxygens (including phenoxy) is 2. The Hall–Kier alpha value is -1.07. The summed E-state index contributed by atoms with van der Waals surface area (Å²) in [6, 6.07) is 3.95. The average Bonchev–Trinajstić information content (AvgIpc) is 3.02. The number of benzene rings is 1. The lowest BCUT2D eigenvalue weighted by Crippen LogP contribution is -2.37. The normalized spacial score (nSPS) is 10.9. The molecule has 0 radical (unpaired) electrons. The van der Waals surface area contributed by atoms with Gasteiger partial charge in [0, 0.05) is 31.9 Å². The molecule has 1 heterocycles. The number of nitrogens with one attached hydrogen (secondary N) is 2. The summed E-state index contributed by atoms with van der Waals surface area (Å²) < 4.78 is 11.6. The second-order valence-electron chi connectivity index (χ2n) is 5.27. The van der Waals surface area contributed by atoms with Crippen LogP contribution < -0.4 is 20.1 Å². The molecule has 0 bridgehead atoms. The van der Waals surface area contributed by atoms with E-state index >= 15 is 0 Å². The molecule has 9 heteroatoms. The van der Waals surface area contributed by atoms with Crippen LogP contribution in [0.5, 0.6) is 11.5 Å². The summed E-state index contributed by atoms with van der Waals surface area (Å²) in [6.07, 6.45) is 0.868. The highest BCUT2D eigenvalue weighted by atomic mass is 127. The number of hydrogen-bond donors (Lipinski definition) is 2. The molecule has 0 aliphatic heterocycles. The Balaban J connectivity index is 0.00000338. The molecule has 0 amide bonds. The molecule has 2 N–H and O–H groups in total.